The van der Waals surface area contributed by atoms with E-state index in [0.717, 1.165) is 17.4 Å². The van der Waals surface area contributed by atoms with Gasteiger partial charge in [0.05, 0.1) is 9.85 Å². The van der Waals surface area contributed by atoms with Crippen molar-refractivity contribution in [2.75, 3.05) is 0 Å². The first-order chi connectivity index (χ1) is 5.52. The van der Waals surface area contributed by atoms with Gasteiger partial charge in [-0.15, -0.1) is 0 Å². The Hall–Kier alpha value is -0.770. The number of rotatable bonds is 2. The minimum Gasteiger partial charge on any atom is -0.258 e. The van der Waals surface area contributed by atoms with E-state index in [1.54, 1.807) is 22.6 Å². The lowest BCUT2D eigenvalue weighted by Crippen LogP contribution is -1.86. The van der Waals surface area contributed by atoms with Crippen LogP contribution in [0.2, 0.25) is 0 Å². The zero-order valence-electron chi connectivity index (χ0n) is 5.39. The molecule has 0 aliphatic carbocycles. The molecule has 1 aromatic rings. The lowest BCUT2D eigenvalue weighted by Gasteiger charge is -1.81. The van der Waals surface area contributed by atoms with Crippen LogP contribution in [0.15, 0.2) is 6.07 Å². The average molecular weight is 300 g/mol. The lowest BCUT2D eigenvalue weighted by atomic mass is 10.5. The first-order valence-electron chi connectivity index (χ1n) is 2.60. The van der Waals surface area contributed by atoms with E-state index in [1.165, 1.54) is 0 Å². The predicted molar refractivity (Wildman–Crippen MR) is 50.3 cm³/mol. The van der Waals surface area contributed by atoms with Crippen LogP contribution in [0, 0.1) is 23.1 Å². The highest BCUT2D eigenvalue weighted by Gasteiger charge is 2.22. The van der Waals surface area contributed by atoms with Crippen LogP contribution in [-0.2, 0) is 0 Å². The largest absolute Gasteiger partial charge is 0.332 e. The fourth-order valence-electron chi connectivity index (χ4n) is 0.562. The smallest absolute Gasteiger partial charge is 0.258 e. The first-order valence-corrected chi connectivity index (χ1v) is 4.50. The molecule has 12 heavy (non-hydrogen) atoms. The molecule has 0 saturated heterocycles. The maximum Gasteiger partial charge on any atom is 0.332 e. The molecule has 0 atom stereocenters. The molecule has 1 heterocycles. The highest BCUT2D eigenvalue weighted by molar-refractivity contribution is 14.1. The molecule has 1 aromatic heterocycles. The molecule has 0 unspecified atom stereocenters. The highest BCUT2D eigenvalue weighted by Crippen LogP contribution is 2.34. The topological polar surface area (TPSA) is 86.3 Å². The normalized spacial score (nSPS) is 9.75. The van der Waals surface area contributed by atoms with Crippen LogP contribution in [0.3, 0.4) is 0 Å². The van der Waals surface area contributed by atoms with E-state index in [4.69, 9.17) is 0 Å². The van der Waals surface area contributed by atoms with Gasteiger partial charge in [0.25, 0.3) is 0 Å². The molecule has 0 radical (unpaired) electrons. The summed E-state index contributed by atoms with van der Waals surface area (Å²) in [4.78, 5) is 19.1. The van der Waals surface area contributed by atoms with Gasteiger partial charge < -0.3 is 0 Å². The Bertz CT molecular complexity index is 349. The summed E-state index contributed by atoms with van der Waals surface area (Å²) in [5.74, 6) is 0. The fraction of sp³-hybridized carbons (Fsp3) is 0. The van der Waals surface area contributed by atoms with Crippen molar-refractivity contribution in [3.8, 4) is 0 Å². The Labute approximate surface area is 83.6 Å². The van der Waals surface area contributed by atoms with Crippen molar-refractivity contribution in [3.05, 3.63) is 29.2 Å². The summed E-state index contributed by atoms with van der Waals surface area (Å²) in [6.07, 6.45) is 0. The minimum absolute atomic E-state index is 0.202. The van der Waals surface area contributed by atoms with Crippen LogP contribution in [0.25, 0.3) is 0 Å². The Morgan fingerprint density at radius 2 is 1.92 bits per heavy atom. The van der Waals surface area contributed by atoms with E-state index in [9.17, 15) is 20.2 Å². The van der Waals surface area contributed by atoms with Crippen molar-refractivity contribution in [1.29, 1.82) is 0 Å². The summed E-state index contributed by atoms with van der Waals surface area (Å²) in [6.45, 7) is 0. The van der Waals surface area contributed by atoms with Gasteiger partial charge in [0, 0.05) is 0 Å². The van der Waals surface area contributed by atoms with Gasteiger partial charge in [-0.2, -0.15) is 0 Å². The summed E-state index contributed by atoms with van der Waals surface area (Å²) in [6, 6.07) is 0.965. The maximum atomic E-state index is 10.2. The summed E-state index contributed by atoms with van der Waals surface area (Å²) < 4.78 is 0.323. The lowest BCUT2D eigenvalue weighted by molar-refractivity contribution is -0.390. The zero-order chi connectivity index (χ0) is 9.30. The summed E-state index contributed by atoms with van der Waals surface area (Å²) in [7, 11) is 0. The van der Waals surface area contributed by atoms with E-state index in [0.29, 0.717) is 2.88 Å². The average Bonchev–Trinajstić information content (AvgIpc) is 2.30. The number of nitrogens with zero attached hydrogens (tertiary/aromatic N) is 2. The van der Waals surface area contributed by atoms with Crippen molar-refractivity contribution in [2.45, 2.75) is 0 Å². The number of thiophene rings is 1. The fourth-order valence-corrected chi connectivity index (χ4v) is 2.26. The van der Waals surface area contributed by atoms with Gasteiger partial charge in [0.1, 0.15) is 8.95 Å². The molecule has 0 spiro atoms. The molecule has 0 aliphatic rings. The molecule has 64 valence electrons. The number of nitro groups is 2. The monoisotopic (exact) mass is 300 g/mol. The van der Waals surface area contributed by atoms with Gasteiger partial charge in [-0.1, -0.05) is 0 Å². The van der Waals surface area contributed by atoms with Crippen molar-refractivity contribution in [2.24, 2.45) is 0 Å². The number of hydrogen-bond acceptors (Lipinski definition) is 5. The Balaban J connectivity index is 3.17. The van der Waals surface area contributed by atoms with Crippen LogP contribution in [0.5, 0.6) is 0 Å². The molecule has 0 aliphatic heterocycles. The summed E-state index contributed by atoms with van der Waals surface area (Å²) in [5, 5.41) is 20.2. The van der Waals surface area contributed by atoms with E-state index in [1.807, 2.05) is 0 Å². The highest BCUT2D eigenvalue weighted by atomic mass is 127. The van der Waals surface area contributed by atoms with E-state index < -0.39 is 9.85 Å². The molecule has 6 nitrogen and oxygen atoms in total. The van der Waals surface area contributed by atoms with Gasteiger partial charge in [-0.05, 0) is 33.9 Å². The molecular weight excluding hydrogens is 299 g/mol. The molecule has 8 heteroatoms. The molecule has 0 amide bonds. The van der Waals surface area contributed by atoms with Crippen LogP contribution in [0.1, 0.15) is 0 Å². The molecule has 0 bridgehead atoms. The molecule has 0 fully saturated rings. The van der Waals surface area contributed by atoms with Gasteiger partial charge in [-0.25, -0.2) is 0 Å². The zero-order valence-corrected chi connectivity index (χ0v) is 8.36. The van der Waals surface area contributed by atoms with Crippen LogP contribution < -0.4 is 0 Å². The van der Waals surface area contributed by atoms with Crippen LogP contribution in [-0.4, -0.2) is 9.85 Å². The van der Waals surface area contributed by atoms with Gasteiger partial charge in [0.15, 0.2) is 0 Å². The molecular formula is C4HIN2O4S. The third-order valence-corrected chi connectivity index (χ3v) is 3.11. The third kappa shape index (κ3) is 1.69. The molecule has 1 rings (SSSR count). The van der Waals surface area contributed by atoms with Gasteiger partial charge >= 0.3 is 10.7 Å². The second-order valence-electron chi connectivity index (χ2n) is 1.76. The maximum absolute atomic E-state index is 10.2. The molecule has 0 N–H and O–H groups in total. The first kappa shape index (κ1) is 9.32. The van der Waals surface area contributed by atoms with Crippen LogP contribution >= 0.6 is 33.9 Å². The van der Waals surface area contributed by atoms with E-state index in [-0.39, 0.29) is 10.7 Å². The Kier molecular flexibility index (Phi) is 2.57. The molecule has 0 aromatic carbocycles. The summed E-state index contributed by atoms with van der Waals surface area (Å²) >= 11 is 2.50. The van der Waals surface area contributed by atoms with Crippen molar-refractivity contribution in [1.82, 2.24) is 0 Å². The number of hydrogen-bond donors (Lipinski definition) is 0. The minimum atomic E-state index is -0.639. The second kappa shape index (κ2) is 3.31. The molecule has 0 saturated carbocycles. The second-order valence-corrected chi connectivity index (χ2v) is 4.60. The SMILES string of the molecule is O=[N+]([O-])c1cc([N+](=O)[O-])c(I)s1. The quantitative estimate of drug-likeness (QED) is 0.476. The Morgan fingerprint density at radius 1 is 1.33 bits per heavy atom. The predicted octanol–water partition coefficient (Wildman–Crippen LogP) is 2.17. The van der Waals surface area contributed by atoms with E-state index in [2.05, 4.69) is 0 Å². The third-order valence-electron chi connectivity index (χ3n) is 1.03. The number of halogens is 1. The van der Waals surface area contributed by atoms with Crippen molar-refractivity contribution < 1.29 is 9.85 Å². The van der Waals surface area contributed by atoms with Gasteiger partial charge in [0.2, 0.25) is 0 Å². The van der Waals surface area contributed by atoms with Crippen LogP contribution in [0.4, 0.5) is 10.7 Å². The Morgan fingerprint density at radius 3 is 2.17 bits per heavy atom. The van der Waals surface area contributed by atoms with Crippen molar-refractivity contribution in [3.63, 3.8) is 0 Å². The van der Waals surface area contributed by atoms with E-state index >= 15 is 0 Å². The standard InChI is InChI=1S/C4HIN2O4S/c5-4-2(6(8)9)1-3(12-4)7(10)11/h1H. The summed E-state index contributed by atoms with van der Waals surface area (Å²) in [5.41, 5.74) is -0.202. The van der Waals surface area contributed by atoms with Gasteiger partial charge in [-0.3, -0.25) is 20.2 Å². The van der Waals surface area contributed by atoms with Crippen molar-refractivity contribution >= 4 is 44.6 Å².